The summed E-state index contributed by atoms with van der Waals surface area (Å²) in [5.41, 5.74) is 1.83. The number of halogens is 1. The molecule has 3 aromatic carbocycles. The van der Waals surface area contributed by atoms with E-state index in [2.05, 4.69) is 10.2 Å². The van der Waals surface area contributed by atoms with Gasteiger partial charge in [-0.15, -0.1) is 0 Å². The second-order valence-electron chi connectivity index (χ2n) is 7.90. The third-order valence-electron chi connectivity index (χ3n) is 5.79. The molecule has 1 aliphatic heterocycles. The summed E-state index contributed by atoms with van der Waals surface area (Å²) >= 11 is 5.92. The summed E-state index contributed by atoms with van der Waals surface area (Å²) in [5, 5.41) is 14.7. The van der Waals surface area contributed by atoms with Crippen LogP contribution >= 0.6 is 11.6 Å². The van der Waals surface area contributed by atoms with Gasteiger partial charge in [-0.3, -0.25) is 19.7 Å². The van der Waals surface area contributed by atoms with Crippen LogP contribution in [0, 0.1) is 10.1 Å². The van der Waals surface area contributed by atoms with Crippen molar-refractivity contribution in [1.29, 1.82) is 0 Å². The number of carbonyl (C=O) groups excluding carboxylic acids is 2. The fourth-order valence-corrected chi connectivity index (χ4v) is 4.07. The van der Waals surface area contributed by atoms with Crippen LogP contribution in [0.15, 0.2) is 66.7 Å². The number of hydrogen-bond donors (Lipinski definition) is 1. The SMILES string of the molecule is COc1ccc(C(=O)Nc2ccccc2N2CCN(C(=O)c3ccc(Cl)cc3)CC2)cc1[N+](=O)[O-]. The lowest BCUT2D eigenvalue weighted by molar-refractivity contribution is -0.385. The molecule has 3 aromatic rings. The molecule has 0 aliphatic carbocycles. The van der Waals surface area contributed by atoms with E-state index < -0.39 is 10.8 Å². The minimum Gasteiger partial charge on any atom is -0.490 e. The van der Waals surface area contributed by atoms with E-state index in [1.807, 2.05) is 12.1 Å². The Labute approximate surface area is 207 Å². The monoisotopic (exact) mass is 494 g/mol. The quantitative estimate of drug-likeness (QED) is 0.400. The van der Waals surface area contributed by atoms with E-state index in [0.717, 1.165) is 5.69 Å². The highest BCUT2D eigenvalue weighted by Gasteiger charge is 2.24. The molecule has 2 amide bonds. The van der Waals surface area contributed by atoms with E-state index in [9.17, 15) is 19.7 Å². The molecular weight excluding hydrogens is 472 g/mol. The summed E-state index contributed by atoms with van der Waals surface area (Å²) < 4.78 is 5.00. The van der Waals surface area contributed by atoms with E-state index >= 15 is 0 Å². The first-order valence-corrected chi connectivity index (χ1v) is 11.3. The average molecular weight is 495 g/mol. The van der Waals surface area contributed by atoms with Crippen molar-refractivity contribution in [2.75, 3.05) is 43.5 Å². The van der Waals surface area contributed by atoms with E-state index in [1.54, 1.807) is 41.3 Å². The standard InChI is InChI=1S/C25H23ClN4O5/c1-35-23-11-8-18(16-22(23)30(33)34)24(31)27-20-4-2-3-5-21(20)28-12-14-29(15-13-28)25(32)17-6-9-19(26)10-7-17/h2-11,16H,12-15H2,1H3,(H,27,31). The molecule has 0 bridgehead atoms. The van der Waals surface area contributed by atoms with Crippen molar-refractivity contribution in [1.82, 2.24) is 4.90 Å². The second-order valence-corrected chi connectivity index (χ2v) is 8.34. The summed E-state index contributed by atoms with van der Waals surface area (Å²) in [7, 11) is 1.33. The molecule has 1 fully saturated rings. The first kappa shape index (κ1) is 24.0. The molecule has 9 nitrogen and oxygen atoms in total. The van der Waals surface area contributed by atoms with Crippen LogP contribution in [0.4, 0.5) is 17.1 Å². The van der Waals surface area contributed by atoms with Crippen LogP contribution in [0.3, 0.4) is 0 Å². The molecule has 0 unspecified atom stereocenters. The van der Waals surface area contributed by atoms with Gasteiger partial charge in [0.1, 0.15) is 0 Å². The number of para-hydroxylation sites is 2. The van der Waals surface area contributed by atoms with E-state index in [-0.39, 0.29) is 22.9 Å². The molecule has 0 aromatic heterocycles. The van der Waals surface area contributed by atoms with Crippen molar-refractivity contribution >= 4 is 40.5 Å². The average Bonchev–Trinajstić information content (AvgIpc) is 2.88. The Balaban J connectivity index is 1.46. The second kappa shape index (κ2) is 10.4. The number of piperazine rings is 1. The predicted molar refractivity (Wildman–Crippen MR) is 134 cm³/mol. The van der Waals surface area contributed by atoms with Gasteiger partial charge < -0.3 is 19.9 Å². The minimum absolute atomic E-state index is 0.0518. The Morgan fingerprint density at radius 3 is 2.29 bits per heavy atom. The topological polar surface area (TPSA) is 105 Å². The van der Waals surface area contributed by atoms with E-state index in [1.165, 1.54) is 25.3 Å². The summed E-state index contributed by atoms with van der Waals surface area (Å²) in [4.78, 5) is 40.3. The van der Waals surface area contributed by atoms with Crippen molar-refractivity contribution in [3.63, 3.8) is 0 Å². The van der Waals surface area contributed by atoms with E-state index in [4.69, 9.17) is 16.3 Å². The van der Waals surface area contributed by atoms with Gasteiger partial charge >= 0.3 is 5.69 Å². The molecule has 1 N–H and O–H groups in total. The number of carbonyl (C=O) groups is 2. The fraction of sp³-hybridized carbons (Fsp3) is 0.200. The maximum absolute atomic E-state index is 12.9. The highest BCUT2D eigenvalue weighted by molar-refractivity contribution is 6.30. The molecule has 0 atom stereocenters. The number of nitro benzene ring substituents is 1. The third kappa shape index (κ3) is 5.36. The van der Waals surface area contributed by atoms with Gasteiger partial charge in [-0.1, -0.05) is 23.7 Å². The zero-order valence-electron chi connectivity index (χ0n) is 18.9. The maximum Gasteiger partial charge on any atom is 0.311 e. The van der Waals surface area contributed by atoms with Gasteiger partial charge in [0.2, 0.25) is 0 Å². The summed E-state index contributed by atoms with van der Waals surface area (Å²) in [6.45, 7) is 2.21. The number of ether oxygens (including phenoxy) is 1. The summed E-state index contributed by atoms with van der Waals surface area (Å²) in [6.07, 6.45) is 0. The molecule has 1 saturated heterocycles. The van der Waals surface area contributed by atoms with Crippen molar-refractivity contribution in [2.45, 2.75) is 0 Å². The number of nitrogens with one attached hydrogen (secondary N) is 1. The zero-order chi connectivity index (χ0) is 24.9. The van der Waals surface area contributed by atoms with Crippen LogP contribution in [0.25, 0.3) is 0 Å². The normalized spacial score (nSPS) is 13.3. The van der Waals surface area contributed by atoms with Gasteiger partial charge in [0.15, 0.2) is 5.75 Å². The molecule has 1 aliphatic rings. The van der Waals surface area contributed by atoms with Gasteiger partial charge in [-0.25, -0.2) is 0 Å². The zero-order valence-corrected chi connectivity index (χ0v) is 19.7. The van der Waals surface area contributed by atoms with Crippen molar-refractivity contribution in [2.24, 2.45) is 0 Å². The van der Waals surface area contributed by atoms with Crippen LogP contribution in [0.1, 0.15) is 20.7 Å². The van der Waals surface area contributed by atoms with Gasteiger partial charge in [-0.05, 0) is 48.5 Å². The molecule has 4 rings (SSSR count). The van der Waals surface area contributed by atoms with Crippen molar-refractivity contribution in [3.8, 4) is 5.75 Å². The Morgan fingerprint density at radius 2 is 1.63 bits per heavy atom. The minimum atomic E-state index is -0.589. The first-order chi connectivity index (χ1) is 16.9. The number of nitrogens with zero attached hydrogens (tertiary/aromatic N) is 3. The highest BCUT2D eigenvalue weighted by Crippen LogP contribution is 2.30. The largest absolute Gasteiger partial charge is 0.490 e. The van der Waals surface area contributed by atoms with Crippen LogP contribution in [0.5, 0.6) is 5.75 Å². The number of benzene rings is 3. The lowest BCUT2D eigenvalue weighted by Gasteiger charge is -2.37. The Morgan fingerprint density at radius 1 is 0.971 bits per heavy atom. The van der Waals surface area contributed by atoms with Crippen LogP contribution in [0.2, 0.25) is 5.02 Å². The third-order valence-corrected chi connectivity index (χ3v) is 6.04. The molecule has 0 spiro atoms. The Bertz CT molecular complexity index is 1260. The van der Waals surface area contributed by atoms with Gasteiger partial charge in [0.25, 0.3) is 11.8 Å². The molecule has 1 heterocycles. The molecule has 0 radical (unpaired) electrons. The molecule has 180 valence electrons. The lowest BCUT2D eigenvalue weighted by atomic mass is 10.1. The van der Waals surface area contributed by atoms with Crippen molar-refractivity contribution < 1.29 is 19.2 Å². The number of methoxy groups -OCH3 is 1. The van der Waals surface area contributed by atoms with Crippen LogP contribution in [-0.4, -0.2) is 54.9 Å². The molecule has 0 saturated carbocycles. The maximum atomic E-state index is 12.9. The summed E-state index contributed by atoms with van der Waals surface area (Å²) in [6, 6.07) is 18.2. The van der Waals surface area contributed by atoms with Gasteiger partial charge in [0, 0.05) is 48.4 Å². The number of hydrogen-bond acceptors (Lipinski definition) is 6. The van der Waals surface area contributed by atoms with Gasteiger partial charge in [-0.2, -0.15) is 0 Å². The number of anilines is 2. The van der Waals surface area contributed by atoms with Crippen LogP contribution < -0.4 is 15.0 Å². The van der Waals surface area contributed by atoms with E-state index in [0.29, 0.717) is 42.5 Å². The van der Waals surface area contributed by atoms with Crippen molar-refractivity contribution in [3.05, 3.63) is 93.0 Å². The van der Waals surface area contributed by atoms with Gasteiger partial charge in [0.05, 0.1) is 23.4 Å². The lowest BCUT2D eigenvalue weighted by Crippen LogP contribution is -2.49. The Kier molecular flexibility index (Phi) is 7.17. The first-order valence-electron chi connectivity index (χ1n) is 10.9. The number of amides is 2. The highest BCUT2D eigenvalue weighted by atomic mass is 35.5. The summed E-state index contributed by atoms with van der Waals surface area (Å²) in [5.74, 6) is -0.443. The number of nitro groups is 1. The smallest absolute Gasteiger partial charge is 0.311 e. The predicted octanol–water partition coefficient (Wildman–Crippen LogP) is 4.47. The van der Waals surface area contributed by atoms with Crippen LogP contribution in [-0.2, 0) is 0 Å². The molecule has 35 heavy (non-hydrogen) atoms. The number of rotatable bonds is 6. The Hall–Kier alpha value is -4.11. The molecular formula is C25H23ClN4O5. The molecule has 10 heteroatoms. The fourth-order valence-electron chi connectivity index (χ4n) is 3.95.